The second kappa shape index (κ2) is 5.44. The monoisotopic (exact) mass is 324 g/mol. The Balaban J connectivity index is 2.11. The van der Waals surface area contributed by atoms with Crippen molar-refractivity contribution in [3.63, 3.8) is 0 Å². The second-order valence-electron chi connectivity index (χ2n) is 3.99. The SMILES string of the molecule is Clc1ccc(-c2c(Cl)nc(-c3ccco3)nc2Cl)cc1. The van der Waals surface area contributed by atoms with Crippen LogP contribution in [0.2, 0.25) is 15.3 Å². The molecule has 2 aromatic heterocycles. The van der Waals surface area contributed by atoms with E-state index >= 15 is 0 Å². The molecule has 0 N–H and O–H groups in total. The molecule has 0 bridgehead atoms. The average Bonchev–Trinajstić information content (AvgIpc) is 2.94. The maximum atomic E-state index is 6.22. The van der Waals surface area contributed by atoms with Crippen LogP contribution in [0.1, 0.15) is 0 Å². The van der Waals surface area contributed by atoms with Crippen LogP contribution in [0.5, 0.6) is 0 Å². The molecule has 100 valence electrons. The lowest BCUT2D eigenvalue weighted by Gasteiger charge is -2.07. The molecule has 2 heterocycles. The normalized spacial score (nSPS) is 10.8. The fourth-order valence-corrected chi connectivity index (χ4v) is 2.51. The Morgan fingerprint density at radius 2 is 1.50 bits per heavy atom. The fraction of sp³-hybridized carbons (Fsp3) is 0. The van der Waals surface area contributed by atoms with E-state index < -0.39 is 0 Å². The molecule has 3 aromatic rings. The van der Waals surface area contributed by atoms with Crippen LogP contribution in [0.4, 0.5) is 0 Å². The van der Waals surface area contributed by atoms with Crippen LogP contribution in [0.15, 0.2) is 47.1 Å². The standard InChI is InChI=1S/C14H7Cl3N2O/c15-9-5-3-8(4-6-9)11-12(16)18-14(19-13(11)17)10-2-1-7-20-10/h1-7H. The van der Waals surface area contributed by atoms with Crippen molar-refractivity contribution in [1.29, 1.82) is 0 Å². The van der Waals surface area contributed by atoms with E-state index in [-0.39, 0.29) is 10.3 Å². The third-order valence-electron chi connectivity index (χ3n) is 2.70. The Morgan fingerprint density at radius 3 is 2.05 bits per heavy atom. The van der Waals surface area contributed by atoms with E-state index in [1.807, 2.05) is 12.1 Å². The topological polar surface area (TPSA) is 38.9 Å². The lowest BCUT2D eigenvalue weighted by atomic mass is 10.1. The molecule has 0 aliphatic carbocycles. The van der Waals surface area contributed by atoms with Gasteiger partial charge >= 0.3 is 0 Å². The van der Waals surface area contributed by atoms with Crippen molar-refractivity contribution in [2.24, 2.45) is 0 Å². The van der Waals surface area contributed by atoms with Gasteiger partial charge in [0.2, 0.25) is 0 Å². The Labute approximate surface area is 130 Å². The van der Waals surface area contributed by atoms with Gasteiger partial charge in [0.25, 0.3) is 0 Å². The van der Waals surface area contributed by atoms with Gasteiger partial charge in [0, 0.05) is 5.02 Å². The number of hydrogen-bond donors (Lipinski definition) is 0. The van der Waals surface area contributed by atoms with Crippen LogP contribution >= 0.6 is 34.8 Å². The van der Waals surface area contributed by atoms with E-state index in [0.29, 0.717) is 22.2 Å². The molecule has 3 nitrogen and oxygen atoms in total. The van der Waals surface area contributed by atoms with Gasteiger partial charge in [-0.15, -0.1) is 0 Å². The van der Waals surface area contributed by atoms with Crippen LogP contribution in [-0.4, -0.2) is 9.97 Å². The van der Waals surface area contributed by atoms with Gasteiger partial charge in [-0.1, -0.05) is 46.9 Å². The first-order chi connectivity index (χ1) is 9.65. The molecule has 1 aromatic carbocycles. The Hall–Kier alpha value is -1.55. The number of benzene rings is 1. The molecule has 0 amide bonds. The van der Waals surface area contributed by atoms with Gasteiger partial charge in [-0.2, -0.15) is 0 Å². The van der Waals surface area contributed by atoms with Gasteiger partial charge in [-0.05, 0) is 29.8 Å². The summed E-state index contributed by atoms with van der Waals surface area (Å²) in [5.41, 5.74) is 1.37. The summed E-state index contributed by atoms with van der Waals surface area (Å²) in [5, 5.41) is 1.16. The van der Waals surface area contributed by atoms with Crippen molar-refractivity contribution in [2.75, 3.05) is 0 Å². The van der Waals surface area contributed by atoms with Crippen LogP contribution in [0, 0.1) is 0 Å². The number of furan rings is 1. The van der Waals surface area contributed by atoms with Gasteiger partial charge in [0.05, 0.1) is 11.8 Å². The predicted molar refractivity (Wildman–Crippen MR) is 80.2 cm³/mol. The van der Waals surface area contributed by atoms with Gasteiger partial charge in [0.15, 0.2) is 11.6 Å². The summed E-state index contributed by atoms with van der Waals surface area (Å²) in [6.07, 6.45) is 1.54. The molecule has 0 saturated heterocycles. The van der Waals surface area contributed by atoms with E-state index in [2.05, 4.69) is 9.97 Å². The van der Waals surface area contributed by atoms with E-state index in [0.717, 1.165) is 5.56 Å². The summed E-state index contributed by atoms with van der Waals surface area (Å²) in [7, 11) is 0. The smallest absolute Gasteiger partial charge is 0.198 e. The summed E-state index contributed by atoms with van der Waals surface area (Å²) in [5.74, 6) is 0.860. The lowest BCUT2D eigenvalue weighted by molar-refractivity contribution is 0.577. The molecule has 0 spiro atoms. The zero-order valence-electron chi connectivity index (χ0n) is 9.98. The van der Waals surface area contributed by atoms with E-state index in [9.17, 15) is 0 Å². The van der Waals surface area contributed by atoms with Gasteiger partial charge in [-0.25, -0.2) is 9.97 Å². The fourth-order valence-electron chi connectivity index (χ4n) is 1.78. The van der Waals surface area contributed by atoms with Gasteiger partial charge in [-0.3, -0.25) is 0 Å². The first-order valence-electron chi connectivity index (χ1n) is 5.68. The molecule has 0 fully saturated rings. The summed E-state index contributed by atoms with van der Waals surface area (Å²) in [6.45, 7) is 0. The van der Waals surface area contributed by atoms with Crippen molar-refractivity contribution in [1.82, 2.24) is 9.97 Å². The van der Waals surface area contributed by atoms with Crippen LogP contribution in [0.25, 0.3) is 22.7 Å². The Morgan fingerprint density at radius 1 is 0.850 bits per heavy atom. The second-order valence-corrected chi connectivity index (χ2v) is 5.14. The largest absolute Gasteiger partial charge is 0.461 e. The third-order valence-corrected chi connectivity index (χ3v) is 3.49. The summed E-state index contributed by atoms with van der Waals surface area (Å²) >= 11 is 18.3. The zero-order valence-corrected chi connectivity index (χ0v) is 12.2. The number of hydrogen-bond acceptors (Lipinski definition) is 3. The average molecular weight is 326 g/mol. The van der Waals surface area contributed by atoms with Crippen LogP contribution in [-0.2, 0) is 0 Å². The summed E-state index contributed by atoms with van der Waals surface area (Å²) in [6, 6.07) is 10.6. The molecule has 6 heteroatoms. The zero-order chi connectivity index (χ0) is 14.1. The third kappa shape index (κ3) is 2.52. The molecule has 0 atom stereocenters. The van der Waals surface area contributed by atoms with E-state index in [4.69, 9.17) is 39.2 Å². The van der Waals surface area contributed by atoms with Crippen LogP contribution < -0.4 is 0 Å². The molecule has 0 aliphatic rings. The molecule has 0 radical (unpaired) electrons. The molecule has 0 aliphatic heterocycles. The molecular formula is C14H7Cl3N2O. The highest BCUT2D eigenvalue weighted by molar-refractivity contribution is 6.38. The molecule has 20 heavy (non-hydrogen) atoms. The minimum Gasteiger partial charge on any atom is -0.461 e. The minimum absolute atomic E-state index is 0.263. The van der Waals surface area contributed by atoms with E-state index in [1.54, 1.807) is 24.3 Å². The quantitative estimate of drug-likeness (QED) is 0.595. The van der Waals surface area contributed by atoms with Crippen molar-refractivity contribution in [3.05, 3.63) is 58.0 Å². The molecular weight excluding hydrogens is 319 g/mol. The number of nitrogens with zero attached hydrogens (tertiary/aromatic N) is 2. The minimum atomic E-state index is 0.263. The summed E-state index contributed by atoms with van der Waals surface area (Å²) < 4.78 is 5.23. The van der Waals surface area contributed by atoms with Crippen LogP contribution in [0.3, 0.4) is 0 Å². The van der Waals surface area contributed by atoms with Crippen molar-refractivity contribution >= 4 is 34.8 Å². The lowest BCUT2D eigenvalue weighted by Crippen LogP contribution is -1.93. The maximum Gasteiger partial charge on any atom is 0.198 e. The first kappa shape index (κ1) is 13.4. The number of aromatic nitrogens is 2. The van der Waals surface area contributed by atoms with Gasteiger partial charge < -0.3 is 4.42 Å². The highest BCUT2D eigenvalue weighted by atomic mass is 35.5. The number of rotatable bonds is 2. The molecule has 0 unspecified atom stereocenters. The highest BCUT2D eigenvalue weighted by Gasteiger charge is 2.15. The Bertz CT molecular complexity index is 717. The highest BCUT2D eigenvalue weighted by Crippen LogP contribution is 2.34. The van der Waals surface area contributed by atoms with Crippen molar-refractivity contribution in [3.8, 4) is 22.7 Å². The summed E-state index contributed by atoms with van der Waals surface area (Å²) in [4.78, 5) is 8.44. The molecule has 0 saturated carbocycles. The maximum absolute atomic E-state index is 6.22. The van der Waals surface area contributed by atoms with Crippen molar-refractivity contribution < 1.29 is 4.42 Å². The van der Waals surface area contributed by atoms with Gasteiger partial charge in [0.1, 0.15) is 10.3 Å². The number of halogens is 3. The van der Waals surface area contributed by atoms with E-state index in [1.165, 1.54) is 6.26 Å². The van der Waals surface area contributed by atoms with Crippen molar-refractivity contribution in [2.45, 2.75) is 0 Å². The first-order valence-corrected chi connectivity index (χ1v) is 6.81. The predicted octanol–water partition coefficient (Wildman–Crippen LogP) is 5.36. The molecule has 3 rings (SSSR count). The Kier molecular flexibility index (Phi) is 3.66.